The van der Waals surface area contributed by atoms with Crippen molar-refractivity contribution in [3.63, 3.8) is 0 Å². The molecule has 0 bridgehead atoms. The average molecular weight is 366 g/mol. The zero-order valence-corrected chi connectivity index (χ0v) is 8.63. The first-order valence-electron chi connectivity index (χ1n) is 1.08. The fourth-order valence-electron chi connectivity index (χ4n) is 0. The maximum absolute atomic E-state index is 8.19. The van der Waals surface area contributed by atoms with Crippen molar-refractivity contribution in [1.29, 1.82) is 21.0 Å². The Hall–Kier alpha value is -0.967. The minimum Gasteiger partial charge on any atom is 2.00 e. The molecule has 0 saturated carbocycles. The molecule has 57 valence electrons. The normalized spacial score (nSPS) is 1.27. The molecular weight excluding hydrogens is 366 g/mol. The van der Waals surface area contributed by atoms with Gasteiger partial charge in [-0.2, -0.15) is 0 Å². The van der Waals surface area contributed by atoms with Crippen LogP contribution in [0.3, 0.4) is 0 Å². The molecule has 0 atom stereocenters. The van der Waals surface area contributed by atoms with Gasteiger partial charge in [0.25, 0.3) is 0 Å². The third-order valence-electron chi connectivity index (χ3n) is 0. The standard InChI is InChI=1S/4CN.O.Pt.V/c4*1-2;;;/q4*-1;;2*+2. The van der Waals surface area contributed by atoms with Crippen molar-refractivity contribution >= 4 is 0 Å². The molecule has 0 aromatic carbocycles. The van der Waals surface area contributed by atoms with E-state index >= 15 is 0 Å². The third kappa shape index (κ3) is 477. The third-order valence-corrected chi connectivity index (χ3v) is 0. The molecule has 0 radical (unpaired) electrons. The van der Waals surface area contributed by atoms with Gasteiger partial charge in [-0.1, -0.05) is 0 Å². The predicted octanol–water partition coefficient (Wildman–Crippen LogP) is 0.262. The van der Waals surface area contributed by atoms with Crippen molar-refractivity contribution in [2.45, 2.75) is 0 Å². The van der Waals surface area contributed by atoms with E-state index in [1.54, 1.807) is 0 Å². The van der Waals surface area contributed by atoms with Crippen molar-refractivity contribution < 1.29 is 42.1 Å². The second kappa shape index (κ2) is 623. The van der Waals surface area contributed by atoms with E-state index in [0.717, 1.165) is 17.4 Å². The molecular formula is C4N4OPtV. The molecule has 7 heteroatoms. The van der Waals surface area contributed by atoms with Crippen LogP contribution in [0.25, 0.3) is 0 Å². The molecule has 0 spiro atoms. The molecule has 0 aromatic heterocycles. The Balaban J connectivity index is -0.00000000694. The fraction of sp³-hybridized carbons (Fsp3) is 0. The summed E-state index contributed by atoms with van der Waals surface area (Å²) < 4.78 is 8.19. The van der Waals surface area contributed by atoms with Crippen LogP contribution >= 0.6 is 0 Å². The number of rotatable bonds is 0. The first kappa shape index (κ1) is 50.3. The SMILES string of the molecule is [C-]#N.[C-]#N.[C-]#N.[C-]#N.[O]=[V+2].[Pt+2]. The van der Waals surface area contributed by atoms with Gasteiger partial charge in [-0.15, -0.1) is 0 Å². The van der Waals surface area contributed by atoms with E-state index in [0.29, 0.717) is 0 Å². The van der Waals surface area contributed by atoms with Gasteiger partial charge in [-0.05, 0) is 0 Å². The summed E-state index contributed by atoms with van der Waals surface area (Å²) in [5.41, 5.74) is 0. The quantitative estimate of drug-likeness (QED) is 0.571. The van der Waals surface area contributed by atoms with Crippen LogP contribution in [0, 0.1) is 47.3 Å². The molecule has 0 N–H and O–H groups in total. The summed E-state index contributed by atoms with van der Waals surface area (Å²) >= 11 is 1.06. The summed E-state index contributed by atoms with van der Waals surface area (Å²) in [5.74, 6) is 0. The number of hydrogen-bond acceptors (Lipinski definition) is 5. The molecule has 0 rings (SSSR count). The van der Waals surface area contributed by atoms with Gasteiger partial charge in [0.05, 0.1) is 0 Å². The summed E-state index contributed by atoms with van der Waals surface area (Å²) in [6, 6.07) is 0. The van der Waals surface area contributed by atoms with Gasteiger partial charge in [0.1, 0.15) is 0 Å². The number of nitrogens with zero attached hydrogens (tertiary/aromatic N) is 4. The Bertz CT molecular complexity index is 75.2. The molecule has 5 nitrogen and oxygen atoms in total. The van der Waals surface area contributed by atoms with E-state index in [1.807, 2.05) is 0 Å². The molecule has 0 fully saturated rings. The van der Waals surface area contributed by atoms with Crippen LogP contribution in [0.2, 0.25) is 0 Å². The summed E-state index contributed by atoms with van der Waals surface area (Å²) in [4.78, 5) is 0. The Morgan fingerprint density at radius 2 is 0.636 bits per heavy atom. The minimum atomic E-state index is 0. The molecule has 0 aliphatic heterocycles. The first-order chi connectivity index (χ1) is 5.00. The first-order valence-corrected chi connectivity index (χ1v) is 1.65. The Labute approximate surface area is 89.3 Å². The topological polar surface area (TPSA) is 112 Å². The van der Waals surface area contributed by atoms with Gasteiger partial charge < -0.3 is 47.3 Å². The van der Waals surface area contributed by atoms with Crippen LogP contribution in [0.15, 0.2) is 0 Å². The minimum absolute atomic E-state index is 0. The van der Waals surface area contributed by atoms with E-state index in [2.05, 4.69) is 0 Å². The smallest absolute Gasteiger partial charge is 2.00 e. The van der Waals surface area contributed by atoms with Crippen LogP contribution in [0.5, 0.6) is 0 Å². The second-order valence-electron chi connectivity index (χ2n) is 0. The van der Waals surface area contributed by atoms with E-state index in [-0.39, 0.29) is 21.1 Å². The predicted molar refractivity (Wildman–Crippen MR) is 20.6 cm³/mol. The van der Waals surface area contributed by atoms with Gasteiger partial charge in [0.2, 0.25) is 0 Å². The van der Waals surface area contributed by atoms with Crippen molar-refractivity contribution in [2.24, 2.45) is 0 Å². The Morgan fingerprint density at radius 3 is 0.636 bits per heavy atom. The Morgan fingerprint density at radius 1 is 0.636 bits per heavy atom. The average Bonchev–Trinajstić information content (AvgIpc) is 2.20. The molecule has 0 aliphatic rings. The van der Waals surface area contributed by atoms with E-state index in [4.69, 9.17) is 51.0 Å². The monoisotopic (exact) mass is 366 g/mol. The molecule has 0 aromatic rings. The van der Waals surface area contributed by atoms with Crippen LogP contribution in [0.1, 0.15) is 0 Å². The molecule has 0 aliphatic carbocycles. The largest absolute Gasteiger partial charge is 2.00 e. The van der Waals surface area contributed by atoms with Crippen LogP contribution in [-0.4, -0.2) is 0 Å². The molecule has 11 heavy (non-hydrogen) atoms. The van der Waals surface area contributed by atoms with Gasteiger partial charge in [0.15, 0.2) is 0 Å². The molecule has 0 heterocycles. The fourth-order valence-corrected chi connectivity index (χ4v) is 0. The van der Waals surface area contributed by atoms with Gasteiger partial charge in [-0.3, -0.25) is 0 Å². The molecule has 0 amide bonds. The molecule has 0 saturated heterocycles. The van der Waals surface area contributed by atoms with Crippen molar-refractivity contribution in [3.8, 4) is 0 Å². The maximum Gasteiger partial charge on any atom is 2.00 e. The Kier molecular flexibility index (Phi) is 2850. The van der Waals surface area contributed by atoms with Crippen molar-refractivity contribution in [3.05, 3.63) is 26.3 Å². The van der Waals surface area contributed by atoms with Crippen LogP contribution in [-0.2, 0) is 42.1 Å². The van der Waals surface area contributed by atoms with E-state index in [9.17, 15) is 0 Å². The summed E-state index contributed by atoms with van der Waals surface area (Å²) in [5, 5.41) is 25.0. The summed E-state index contributed by atoms with van der Waals surface area (Å²) in [7, 11) is 0. The van der Waals surface area contributed by atoms with Crippen molar-refractivity contribution in [2.75, 3.05) is 0 Å². The van der Waals surface area contributed by atoms with E-state index in [1.165, 1.54) is 0 Å². The van der Waals surface area contributed by atoms with Crippen LogP contribution in [0.4, 0.5) is 0 Å². The maximum atomic E-state index is 8.19. The number of hydrogen-bond donors (Lipinski definition) is 0. The van der Waals surface area contributed by atoms with Crippen LogP contribution < -0.4 is 0 Å². The summed E-state index contributed by atoms with van der Waals surface area (Å²) in [6.45, 7) is 19.0. The zero-order chi connectivity index (χ0) is 10.0. The van der Waals surface area contributed by atoms with Gasteiger partial charge >= 0.3 is 42.1 Å². The zero-order valence-electron chi connectivity index (χ0n) is 4.96. The molecule has 0 unspecified atom stereocenters. The second-order valence-corrected chi connectivity index (χ2v) is 0. The van der Waals surface area contributed by atoms with Gasteiger partial charge in [-0.25, -0.2) is 0 Å². The van der Waals surface area contributed by atoms with E-state index < -0.39 is 0 Å². The van der Waals surface area contributed by atoms with Crippen molar-refractivity contribution in [1.82, 2.24) is 0 Å². The van der Waals surface area contributed by atoms with Gasteiger partial charge in [0, 0.05) is 0 Å². The summed E-state index contributed by atoms with van der Waals surface area (Å²) in [6.07, 6.45) is 0.